The fraction of sp³-hybridized carbons (Fsp3) is 0.375. The fourth-order valence-electron chi connectivity index (χ4n) is 2.85. The molecule has 110 valence electrons. The Kier molecular flexibility index (Phi) is 3.75. The second kappa shape index (κ2) is 5.69. The molecule has 5 heteroatoms. The molecule has 1 amide bonds. The van der Waals surface area contributed by atoms with Crippen LogP contribution in [0.5, 0.6) is 0 Å². The van der Waals surface area contributed by atoms with Crippen LogP contribution in [0, 0.1) is 13.8 Å². The summed E-state index contributed by atoms with van der Waals surface area (Å²) < 4.78 is 5.14. The molecule has 0 spiro atoms. The van der Waals surface area contributed by atoms with Gasteiger partial charge in [0, 0.05) is 19.6 Å². The van der Waals surface area contributed by atoms with E-state index in [0.717, 1.165) is 18.7 Å². The van der Waals surface area contributed by atoms with Crippen LogP contribution in [0.4, 0.5) is 0 Å². The van der Waals surface area contributed by atoms with E-state index in [2.05, 4.69) is 22.6 Å². The van der Waals surface area contributed by atoms with Crippen LogP contribution in [-0.2, 0) is 0 Å². The smallest absolute Gasteiger partial charge is 0.259 e. The highest BCUT2D eigenvalue weighted by molar-refractivity contribution is 5.96. The van der Waals surface area contributed by atoms with E-state index in [-0.39, 0.29) is 11.9 Å². The van der Waals surface area contributed by atoms with E-state index in [1.165, 1.54) is 0 Å². The van der Waals surface area contributed by atoms with Crippen molar-refractivity contribution in [3.63, 3.8) is 0 Å². The van der Waals surface area contributed by atoms with Gasteiger partial charge in [-0.2, -0.15) is 0 Å². The first kappa shape index (κ1) is 13.8. The molecule has 0 radical (unpaired) electrons. The van der Waals surface area contributed by atoms with Gasteiger partial charge < -0.3 is 14.7 Å². The zero-order valence-electron chi connectivity index (χ0n) is 12.3. The summed E-state index contributed by atoms with van der Waals surface area (Å²) >= 11 is 0. The highest BCUT2D eigenvalue weighted by atomic mass is 16.5. The minimum absolute atomic E-state index is 0.00148. The summed E-state index contributed by atoms with van der Waals surface area (Å²) in [5.41, 5.74) is 2.39. The van der Waals surface area contributed by atoms with Crippen molar-refractivity contribution in [2.75, 3.05) is 19.6 Å². The first-order valence-electron chi connectivity index (χ1n) is 7.18. The van der Waals surface area contributed by atoms with Crippen LogP contribution < -0.4 is 5.32 Å². The second-order valence-electron chi connectivity index (χ2n) is 5.33. The predicted molar refractivity (Wildman–Crippen MR) is 79.1 cm³/mol. The molecule has 1 aromatic heterocycles. The average Bonchev–Trinajstić information content (AvgIpc) is 2.86. The van der Waals surface area contributed by atoms with Gasteiger partial charge >= 0.3 is 0 Å². The zero-order valence-corrected chi connectivity index (χ0v) is 12.3. The molecule has 2 heterocycles. The summed E-state index contributed by atoms with van der Waals surface area (Å²) in [4.78, 5) is 14.8. The molecular formula is C16H19N3O2. The first-order valence-corrected chi connectivity index (χ1v) is 7.18. The lowest BCUT2D eigenvalue weighted by molar-refractivity contribution is 0.0632. The van der Waals surface area contributed by atoms with Gasteiger partial charge in [0.05, 0.1) is 11.7 Å². The van der Waals surface area contributed by atoms with Gasteiger partial charge in [0.25, 0.3) is 5.91 Å². The summed E-state index contributed by atoms with van der Waals surface area (Å²) in [5, 5.41) is 7.25. The minimum atomic E-state index is 0.00148. The lowest BCUT2D eigenvalue weighted by Crippen LogP contribution is -2.48. The topological polar surface area (TPSA) is 58.4 Å². The molecule has 1 N–H and O–H groups in total. The predicted octanol–water partition coefficient (Wildman–Crippen LogP) is 2.08. The van der Waals surface area contributed by atoms with Crippen molar-refractivity contribution in [2.45, 2.75) is 19.9 Å². The summed E-state index contributed by atoms with van der Waals surface area (Å²) in [5.74, 6) is 0.587. The van der Waals surface area contributed by atoms with Crippen LogP contribution in [0.1, 0.15) is 33.4 Å². The van der Waals surface area contributed by atoms with Crippen molar-refractivity contribution in [3.8, 4) is 0 Å². The fourth-order valence-corrected chi connectivity index (χ4v) is 2.85. The molecule has 5 nitrogen and oxygen atoms in total. The molecule has 0 saturated carbocycles. The summed E-state index contributed by atoms with van der Waals surface area (Å²) in [6.45, 7) is 5.84. The number of rotatable bonds is 2. The maximum atomic E-state index is 12.9. The molecule has 0 aliphatic carbocycles. The van der Waals surface area contributed by atoms with Gasteiger partial charge in [-0.3, -0.25) is 4.79 Å². The highest BCUT2D eigenvalue weighted by Gasteiger charge is 2.31. The Morgan fingerprint density at radius 2 is 2.10 bits per heavy atom. The van der Waals surface area contributed by atoms with Gasteiger partial charge in [0.1, 0.15) is 11.3 Å². The maximum Gasteiger partial charge on any atom is 0.259 e. The Labute approximate surface area is 123 Å². The number of nitrogens with zero attached hydrogens (tertiary/aromatic N) is 2. The molecule has 1 fully saturated rings. The summed E-state index contributed by atoms with van der Waals surface area (Å²) in [7, 11) is 0. The third-order valence-electron chi connectivity index (χ3n) is 3.94. The molecule has 1 aliphatic rings. The molecule has 0 bridgehead atoms. The van der Waals surface area contributed by atoms with E-state index < -0.39 is 0 Å². The summed E-state index contributed by atoms with van der Waals surface area (Å²) in [6, 6.07) is 10.2. The lowest BCUT2D eigenvalue weighted by Gasteiger charge is -2.36. The Balaban J connectivity index is 1.93. The maximum absolute atomic E-state index is 12.9. The highest BCUT2D eigenvalue weighted by Crippen LogP contribution is 2.26. The molecular weight excluding hydrogens is 266 g/mol. The number of hydrogen-bond acceptors (Lipinski definition) is 4. The SMILES string of the molecule is Cc1noc(C)c1C(=O)N1CCNCC1c1ccccc1. The number of nitrogens with one attached hydrogen (secondary N) is 1. The molecule has 1 unspecified atom stereocenters. The molecule has 1 aliphatic heterocycles. The van der Waals surface area contributed by atoms with Crippen LogP contribution in [-0.4, -0.2) is 35.6 Å². The van der Waals surface area contributed by atoms with Crippen LogP contribution in [0.15, 0.2) is 34.9 Å². The molecule has 1 saturated heterocycles. The number of amides is 1. The molecule has 1 aromatic carbocycles. The van der Waals surface area contributed by atoms with Crippen molar-refractivity contribution in [1.29, 1.82) is 0 Å². The van der Waals surface area contributed by atoms with Crippen molar-refractivity contribution < 1.29 is 9.32 Å². The largest absolute Gasteiger partial charge is 0.361 e. The minimum Gasteiger partial charge on any atom is -0.361 e. The number of carbonyl (C=O) groups excluding carboxylic acids is 1. The monoisotopic (exact) mass is 285 g/mol. The van der Waals surface area contributed by atoms with Gasteiger partial charge in [0.2, 0.25) is 0 Å². The number of hydrogen-bond donors (Lipinski definition) is 1. The Hall–Kier alpha value is -2.14. The van der Waals surface area contributed by atoms with E-state index in [4.69, 9.17) is 4.52 Å². The second-order valence-corrected chi connectivity index (χ2v) is 5.33. The van der Waals surface area contributed by atoms with Crippen molar-refractivity contribution in [1.82, 2.24) is 15.4 Å². The van der Waals surface area contributed by atoms with Crippen LogP contribution >= 0.6 is 0 Å². The molecule has 21 heavy (non-hydrogen) atoms. The van der Waals surface area contributed by atoms with Crippen molar-refractivity contribution in [2.24, 2.45) is 0 Å². The van der Waals surface area contributed by atoms with Gasteiger partial charge in [-0.25, -0.2) is 0 Å². The number of aryl methyl sites for hydroxylation is 2. The zero-order chi connectivity index (χ0) is 14.8. The number of piperazine rings is 1. The Bertz CT molecular complexity index is 617. The van der Waals surface area contributed by atoms with E-state index >= 15 is 0 Å². The van der Waals surface area contributed by atoms with Gasteiger partial charge in [-0.15, -0.1) is 0 Å². The van der Waals surface area contributed by atoms with E-state index in [0.29, 0.717) is 23.6 Å². The van der Waals surface area contributed by atoms with Crippen LogP contribution in [0.25, 0.3) is 0 Å². The first-order chi connectivity index (χ1) is 10.2. The van der Waals surface area contributed by atoms with Crippen LogP contribution in [0.3, 0.4) is 0 Å². The molecule has 3 rings (SSSR count). The number of benzene rings is 1. The normalized spacial score (nSPS) is 18.8. The third kappa shape index (κ3) is 2.56. The Morgan fingerprint density at radius 1 is 1.33 bits per heavy atom. The van der Waals surface area contributed by atoms with Crippen molar-refractivity contribution in [3.05, 3.63) is 52.9 Å². The van der Waals surface area contributed by atoms with Crippen molar-refractivity contribution >= 4 is 5.91 Å². The quantitative estimate of drug-likeness (QED) is 0.918. The number of carbonyl (C=O) groups is 1. The third-order valence-corrected chi connectivity index (χ3v) is 3.94. The van der Waals surface area contributed by atoms with Gasteiger partial charge in [-0.05, 0) is 19.4 Å². The number of aromatic nitrogens is 1. The summed E-state index contributed by atoms with van der Waals surface area (Å²) in [6.07, 6.45) is 0. The van der Waals surface area contributed by atoms with E-state index in [1.54, 1.807) is 6.92 Å². The van der Waals surface area contributed by atoms with Crippen LogP contribution in [0.2, 0.25) is 0 Å². The molecule has 1 atom stereocenters. The van der Waals surface area contributed by atoms with Gasteiger partial charge in [0.15, 0.2) is 0 Å². The van der Waals surface area contributed by atoms with E-state index in [9.17, 15) is 4.79 Å². The Morgan fingerprint density at radius 3 is 2.76 bits per heavy atom. The standard InChI is InChI=1S/C16H19N3O2/c1-11-15(12(2)21-18-11)16(20)19-9-8-17-10-14(19)13-6-4-3-5-7-13/h3-7,14,17H,8-10H2,1-2H3. The lowest BCUT2D eigenvalue weighted by atomic mass is 10.0. The van der Waals surface area contributed by atoms with E-state index in [1.807, 2.05) is 30.0 Å². The average molecular weight is 285 g/mol. The molecule has 2 aromatic rings. The van der Waals surface area contributed by atoms with Gasteiger partial charge in [-0.1, -0.05) is 35.5 Å².